The number of benzene rings is 2. The zero-order valence-electron chi connectivity index (χ0n) is 29.3. The molecular weight excluding hydrogens is 530 g/mol. The molecule has 0 aliphatic heterocycles. The van der Waals surface area contributed by atoms with Crippen LogP contribution in [0.4, 0.5) is 0 Å². The molecule has 1 saturated carbocycles. The van der Waals surface area contributed by atoms with E-state index in [0.717, 1.165) is 72.1 Å². The molecule has 2 aromatic rings. The highest BCUT2D eigenvalue weighted by atomic mass is 16.3. The number of quaternary nitrogens is 1. The van der Waals surface area contributed by atoms with Gasteiger partial charge in [-0.05, 0) is 72.3 Å². The zero-order chi connectivity index (χ0) is 32.4. The van der Waals surface area contributed by atoms with E-state index in [1.165, 1.54) is 11.1 Å². The fourth-order valence-corrected chi connectivity index (χ4v) is 5.78. The molecule has 0 unspecified atom stereocenters. The van der Waals surface area contributed by atoms with Crippen LogP contribution < -0.4 is 0 Å². The van der Waals surface area contributed by atoms with Gasteiger partial charge in [-0.25, -0.2) is 0 Å². The van der Waals surface area contributed by atoms with Gasteiger partial charge in [0.2, 0.25) is 0 Å². The third-order valence-corrected chi connectivity index (χ3v) is 9.48. The van der Waals surface area contributed by atoms with Crippen LogP contribution in [-0.2, 0) is 22.8 Å². The molecule has 2 aromatic carbocycles. The highest BCUT2D eigenvalue weighted by Crippen LogP contribution is 2.38. The van der Waals surface area contributed by atoms with E-state index in [9.17, 15) is 10.2 Å². The first-order valence-corrected chi connectivity index (χ1v) is 16.4. The molecule has 0 heterocycles. The number of rotatable bonds is 8. The number of hydrogen-bond donors (Lipinski definition) is 2. The maximum Gasteiger partial charge on any atom is 0.133 e. The second kappa shape index (κ2) is 13.1. The molecule has 2 atom stereocenters. The number of aromatic hydroxyl groups is 2. The lowest BCUT2D eigenvalue weighted by molar-refractivity contribution is -0.919. The molecule has 0 radical (unpaired) electrons. The van der Waals surface area contributed by atoms with E-state index in [-0.39, 0.29) is 28.3 Å². The molecule has 0 saturated heterocycles. The topological polar surface area (TPSA) is 65.2 Å². The highest BCUT2D eigenvalue weighted by Gasteiger charge is 2.28. The predicted octanol–water partition coefficient (Wildman–Crippen LogP) is 8.83. The first-order valence-electron chi connectivity index (χ1n) is 16.4. The van der Waals surface area contributed by atoms with Crippen molar-refractivity contribution in [2.45, 2.75) is 137 Å². The first kappa shape index (κ1) is 34.8. The first-order chi connectivity index (χ1) is 19.8. The van der Waals surface area contributed by atoms with Crippen molar-refractivity contribution in [2.24, 2.45) is 9.98 Å². The molecule has 43 heavy (non-hydrogen) atoms. The minimum Gasteiger partial charge on any atom is -0.507 e. The van der Waals surface area contributed by atoms with Crippen LogP contribution in [0.3, 0.4) is 0 Å². The van der Waals surface area contributed by atoms with Crippen molar-refractivity contribution in [2.75, 3.05) is 20.1 Å². The Bertz CT molecular complexity index is 1310. The van der Waals surface area contributed by atoms with Crippen molar-refractivity contribution in [3.05, 3.63) is 57.6 Å². The maximum absolute atomic E-state index is 11.4. The summed E-state index contributed by atoms with van der Waals surface area (Å²) in [7, 11) is 2.25. The quantitative estimate of drug-likeness (QED) is 0.238. The second-order valence-corrected chi connectivity index (χ2v) is 16.2. The summed E-state index contributed by atoms with van der Waals surface area (Å²) < 4.78 is 0.872. The van der Waals surface area contributed by atoms with Crippen molar-refractivity contribution in [3.63, 3.8) is 0 Å². The van der Waals surface area contributed by atoms with Crippen LogP contribution in [0.25, 0.3) is 0 Å². The van der Waals surface area contributed by atoms with E-state index in [0.29, 0.717) is 11.5 Å². The maximum atomic E-state index is 11.4. The van der Waals surface area contributed by atoms with E-state index < -0.39 is 0 Å². The molecule has 5 heteroatoms. The zero-order valence-corrected chi connectivity index (χ0v) is 29.3. The second-order valence-electron chi connectivity index (χ2n) is 16.2. The molecule has 0 bridgehead atoms. The van der Waals surface area contributed by atoms with Crippen molar-refractivity contribution < 1.29 is 14.7 Å². The van der Waals surface area contributed by atoms with Gasteiger partial charge < -0.3 is 14.7 Å². The monoisotopic (exact) mass is 590 g/mol. The fourth-order valence-electron chi connectivity index (χ4n) is 5.78. The Balaban J connectivity index is 1.99. The Hall–Kier alpha value is -2.66. The standard InChI is InChI=1S/C38H59N3O2/c1-13-41(12,14-2)25-28-21-29(36(3,4)5)19-26(34(28)42)23-39-32-17-15-16-18-33(32)40-24-27-20-30(37(6,7)8)22-31(35(27)43)38(9,10)11/h19-24,32-33H,13-18,25H2,1-12H3,(H-,39,40,42,43)/p+1/t32-,33-/m0/s1. The SMILES string of the molecule is CC[N+](C)(CC)Cc1cc(C(C)(C)C)cc(C=N[C@H]2CCCC[C@@H]2N=Cc2cc(C(C)(C)C)cc(C(C)(C)C)c2O)c1O. The van der Waals surface area contributed by atoms with Crippen LogP contribution in [0.15, 0.2) is 34.3 Å². The van der Waals surface area contributed by atoms with Crippen LogP contribution in [0.5, 0.6) is 11.5 Å². The molecule has 3 rings (SSSR count). The van der Waals surface area contributed by atoms with Crippen LogP contribution in [0, 0.1) is 0 Å². The molecule has 2 N–H and O–H groups in total. The van der Waals surface area contributed by atoms with Gasteiger partial charge in [0.05, 0.1) is 32.2 Å². The Morgan fingerprint density at radius 1 is 0.698 bits per heavy atom. The summed E-state index contributed by atoms with van der Waals surface area (Å²) in [4.78, 5) is 10.1. The van der Waals surface area contributed by atoms with Gasteiger partial charge in [-0.2, -0.15) is 0 Å². The minimum atomic E-state index is -0.182. The lowest BCUT2D eigenvalue weighted by Gasteiger charge is -2.33. The van der Waals surface area contributed by atoms with Gasteiger partial charge in [0.25, 0.3) is 0 Å². The highest BCUT2D eigenvalue weighted by molar-refractivity contribution is 5.86. The van der Waals surface area contributed by atoms with Crippen LogP contribution in [0.2, 0.25) is 0 Å². The molecular formula is C38H60N3O2+. The number of hydrogen-bond acceptors (Lipinski definition) is 4. The third kappa shape index (κ3) is 8.71. The summed E-state index contributed by atoms with van der Waals surface area (Å²) >= 11 is 0. The fraction of sp³-hybridized carbons (Fsp3) is 0.632. The summed E-state index contributed by atoms with van der Waals surface area (Å²) in [5.74, 6) is 0.665. The predicted molar refractivity (Wildman–Crippen MR) is 185 cm³/mol. The largest absolute Gasteiger partial charge is 0.507 e. The number of aliphatic imine (C=N–C) groups is 2. The average molecular weight is 591 g/mol. The van der Waals surface area contributed by atoms with Gasteiger partial charge in [0.1, 0.15) is 18.0 Å². The van der Waals surface area contributed by atoms with E-state index in [1.807, 2.05) is 12.4 Å². The van der Waals surface area contributed by atoms with Crippen molar-refractivity contribution in [1.29, 1.82) is 0 Å². The van der Waals surface area contributed by atoms with Crippen molar-refractivity contribution in [1.82, 2.24) is 0 Å². The molecule has 5 nitrogen and oxygen atoms in total. The summed E-state index contributed by atoms with van der Waals surface area (Å²) in [6.45, 7) is 26.9. The van der Waals surface area contributed by atoms with Crippen molar-refractivity contribution in [3.8, 4) is 11.5 Å². The lowest BCUT2D eigenvalue weighted by atomic mass is 9.79. The summed E-state index contributed by atoms with van der Waals surface area (Å²) in [6.07, 6.45) is 7.94. The van der Waals surface area contributed by atoms with E-state index in [4.69, 9.17) is 9.98 Å². The average Bonchev–Trinajstić information content (AvgIpc) is 2.91. The van der Waals surface area contributed by atoms with Crippen LogP contribution in [0.1, 0.15) is 135 Å². The van der Waals surface area contributed by atoms with Gasteiger partial charge in [-0.3, -0.25) is 9.98 Å². The number of nitrogens with zero attached hydrogens (tertiary/aromatic N) is 3. The van der Waals surface area contributed by atoms with Gasteiger partial charge in [0.15, 0.2) is 0 Å². The normalized spacial score (nSPS) is 19.1. The van der Waals surface area contributed by atoms with Crippen LogP contribution in [-0.4, -0.2) is 59.3 Å². The third-order valence-electron chi connectivity index (χ3n) is 9.48. The lowest BCUT2D eigenvalue weighted by Crippen LogP contribution is -2.42. The molecule has 238 valence electrons. The smallest absolute Gasteiger partial charge is 0.133 e. The molecule has 1 aliphatic carbocycles. The van der Waals surface area contributed by atoms with Crippen LogP contribution >= 0.6 is 0 Å². The summed E-state index contributed by atoms with van der Waals surface area (Å²) in [6, 6.07) is 8.60. The number of phenols is 2. The summed E-state index contributed by atoms with van der Waals surface area (Å²) in [5.41, 5.74) is 5.65. The van der Waals surface area contributed by atoms with E-state index >= 15 is 0 Å². The molecule has 0 aromatic heterocycles. The van der Waals surface area contributed by atoms with Gasteiger partial charge >= 0.3 is 0 Å². The number of phenolic OH excluding ortho intramolecular Hbond substituents is 2. The summed E-state index contributed by atoms with van der Waals surface area (Å²) in [5, 5.41) is 22.7. The molecule has 1 aliphatic rings. The molecule has 0 amide bonds. The Labute approximate surface area is 262 Å². The molecule has 1 fully saturated rings. The Morgan fingerprint density at radius 2 is 1.14 bits per heavy atom. The van der Waals surface area contributed by atoms with Gasteiger partial charge in [-0.15, -0.1) is 0 Å². The Kier molecular flexibility index (Phi) is 10.6. The molecule has 0 spiro atoms. The Morgan fingerprint density at radius 3 is 1.56 bits per heavy atom. The van der Waals surface area contributed by atoms with Crippen molar-refractivity contribution >= 4 is 12.4 Å². The van der Waals surface area contributed by atoms with E-state index in [2.05, 4.69) is 107 Å². The van der Waals surface area contributed by atoms with E-state index in [1.54, 1.807) is 0 Å². The van der Waals surface area contributed by atoms with Gasteiger partial charge in [0, 0.05) is 34.7 Å². The van der Waals surface area contributed by atoms with Gasteiger partial charge in [-0.1, -0.05) is 81.2 Å². The minimum absolute atomic E-state index is 0.0355.